The van der Waals surface area contributed by atoms with Crippen molar-refractivity contribution in [3.63, 3.8) is 0 Å². The van der Waals surface area contributed by atoms with E-state index in [2.05, 4.69) is 35.3 Å². The molecule has 11 nitrogen and oxygen atoms in total. The number of non-ortho nitro benzene ring substituents is 1. The molecule has 2 aromatic rings. The number of benzene rings is 1. The van der Waals surface area contributed by atoms with E-state index in [1.54, 1.807) is 18.3 Å². The lowest BCUT2D eigenvalue weighted by molar-refractivity contribution is -0.384. The van der Waals surface area contributed by atoms with Crippen LogP contribution in [0.1, 0.15) is 18.4 Å². The van der Waals surface area contributed by atoms with Gasteiger partial charge in [-0.25, -0.2) is 5.43 Å². The standard InChI is InChI=1S/C18H22N8O3/c27-26(28)15-5-3-14(4-6-15)13-19-23-16-20-17(24-7-1-2-8-24)22-18(21-16)25-9-11-29-12-10-25/h3-6,13H,1-2,7-12H2,(H,20,21,22,23). The highest BCUT2D eigenvalue weighted by molar-refractivity contribution is 5.80. The monoisotopic (exact) mass is 398 g/mol. The van der Waals surface area contributed by atoms with E-state index in [0.717, 1.165) is 44.6 Å². The Labute approximate surface area is 167 Å². The van der Waals surface area contributed by atoms with Gasteiger partial charge in [-0.2, -0.15) is 20.1 Å². The molecule has 0 unspecified atom stereocenters. The number of nitrogens with one attached hydrogen (secondary N) is 1. The van der Waals surface area contributed by atoms with Gasteiger partial charge in [0.2, 0.25) is 17.8 Å². The SMILES string of the molecule is O=[N+]([O-])c1ccc(C=NNc2nc(N3CCCC3)nc(N3CCOCC3)n2)cc1. The van der Waals surface area contributed by atoms with Crippen LogP contribution in [0.4, 0.5) is 23.5 Å². The van der Waals surface area contributed by atoms with Gasteiger partial charge in [-0.3, -0.25) is 10.1 Å². The van der Waals surface area contributed by atoms with Gasteiger partial charge in [0.1, 0.15) is 0 Å². The van der Waals surface area contributed by atoms with Crippen molar-refractivity contribution < 1.29 is 9.66 Å². The highest BCUT2D eigenvalue weighted by Crippen LogP contribution is 2.21. The molecule has 2 fully saturated rings. The molecule has 0 radical (unpaired) electrons. The zero-order valence-corrected chi connectivity index (χ0v) is 15.9. The molecule has 29 heavy (non-hydrogen) atoms. The van der Waals surface area contributed by atoms with E-state index in [9.17, 15) is 10.1 Å². The Hall–Kier alpha value is -3.34. The third kappa shape index (κ3) is 4.74. The molecule has 152 valence electrons. The summed E-state index contributed by atoms with van der Waals surface area (Å²) in [6.45, 7) is 4.61. The van der Waals surface area contributed by atoms with Crippen molar-refractivity contribution in [3.8, 4) is 0 Å². The summed E-state index contributed by atoms with van der Waals surface area (Å²) in [4.78, 5) is 28.2. The minimum Gasteiger partial charge on any atom is -0.378 e. The first-order valence-corrected chi connectivity index (χ1v) is 9.56. The Morgan fingerprint density at radius 2 is 1.62 bits per heavy atom. The van der Waals surface area contributed by atoms with Crippen LogP contribution in [0, 0.1) is 10.1 Å². The lowest BCUT2D eigenvalue weighted by Gasteiger charge is -2.27. The summed E-state index contributed by atoms with van der Waals surface area (Å²) in [5.74, 6) is 1.62. The minimum atomic E-state index is -0.434. The van der Waals surface area contributed by atoms with Gasteiger partial charge in [-0.15, -0.1) is 0 Å². The second kappa shape index (κ2) is 8.78. The smallest absolute Gasteiger partial charge is 0.269 e. The van der Waals surface area contributed by atoms with Crippen molar-refractivity contribution in [1.82, 2.24) is 15.0 Å². The molecule has 1 aromatic heterocycles. The van der Waals surface area contributed by atoms with Crippen LogP contribution in [0.25, 0.3) is 0 Å². The van der Waals surface area contributed by atoms with Crippen molar-refractivity contribution >= 4 is 29.7 Å². The van der Waals surface area contributed by atoms with Crippen LogP contribution in [0.3, 0.4) is 0 Å². The van der Waals surface area contributed by atoms with Crippen LogP contribution in [0.2, 0.25) is 0 Å². The Balaban J connectivity index is 1.51. The summed E-state index contributed by atoms with van der Waals surface area (Å²) >= 11 is 0. The van der Waals surface area contributed by atoms with E-state index in [4.69, 9.17) is 4.74 Å². The van der Waals surface area contributed by atoms with E-state index in [1.165, 1.54) is 12.1 Å². The molecular formula is C18H22N8O3. The van der Waals surface area contributed by atoms with Crippen LogP contribution < -0.4 is 15.2 Å². The first kappa shape index (κ1) is 19.0. The summed E-state index contributed by atoms with van der Waals surface area (Å²) in [5.41, 5.74) is 3.63. The average Bonchev–Trinajstić information content (AvgIpc) is 3.30. The number of nitrogens with zero attached hydrogens (tertiary/aromatic N) is 7. The molecule has 1 N–H and O–H groups in total. The van der Waals surface area contributed by atoms with Crippen molar-refractivity contribution in [1.29, 1.82) is 0 Å². The Morgan fingerprint density at radius 3 is 2.24 bits per heavy atom. The predicted octanol–water partition coefficient (Wildman–Crippen LogP) is 1.66. The number of aromatic nitrogens is 3. The maximum atomic E-state index is 10.7. The number of ether oxygens (including phenoxy) is 1. The van der Waals surface area contributed by atoms with Gasteiger partial charge < -0.3 is 14.5 Å². The van der Waals surface area contributed by atoms with Gasteiger partial charge in [0.05, 0.1) is 24.4 Å². The largest absolute Gasteiger partial charge is 0.378 e. The summed E-state index contributed by atoms with van der Waals surface area (Å²) in [6, 6.07) is 6.13. The third-order valence-electron chi connectivity index (χ3n) is 4.78. The molecule has 11 heteroatoms. The van der Waals surface area contributed by atoms with Crippen molar-refractivity contribution in [2.75, 3.05) is 54.6 Å². The van der Waals surface area contributed by atoms with Gasteiger partial charge >= 0.3 is 0 Å². The summed E-state index contributed by atoms with van der Waals surface area (Å²) in [5, 5.41) is 14.9. The van der Waals surface area contributed by atoms with Gasteiger partial charge in [0, 0.05) is 38.3 Å². The highest BCUT2D eigenvalue weighted by Gasteiger charge is 2.21. The number of rotatable bonds is 6. The molecule has 0 atom stereocenters. The van der Waals surface area contributed by atoms with Gasteiger partial charge in [-0.05, 0) is 30.5 Å². The quantitative estimate of drug-likeness (QED) is 0.440. The van der Waals surface area contributed by atoms with Crippen molar-refractivity contribution in [2.24, 2.45) is 5.10 Å². The molecule has 0 aliphatic carbocycles. The molecule has 0 amide bonds. The topological polar surface area (TPSA) is 122 Å². The lowest BCUT2D eigenvalue weighted by Crippen LogP contribution is -2.38. The fraction of sp³-hybridized carbons (Fsp3) is 0.444. The molecule has 0 bridgehead atoms. The number of nitro benzene ring substituents is 1. The third-order valence-corrected chi connectivity index (χ3v) is 4.78. The van der Waals surface area contributed by atoms with Crippen molar-refractivity contribution in [3.05, 3.63) is 39.9 Å². The van der Waals surface area contributed by atoms with E-state index in [0.29, 0.717) is 31.1 Å². The van der Waals surface area contributed by atoms with Crippen LogP contribution in [0.15, 0.2) is 29.4 Å². The summed E-state index contributed by atoms with van der Waals surface area (Å²) < 4.78 is 5.41. The number of hydrogen-bond donors (Lipinski definition) is 1. The van der Waals surface area contributed by atoms with E-state index < -0.39 is 4.92 Å². The lowest BCUT2D eigenvalue weighted by atomic mass is 10.2. The van der Waals surface area contributed by atoms with E-state index in [1.807, 2.05) is 0 Å². The molecule has 0 saturated carbocycles. The van der Waals surface area contributed by atoms with Gasteiger partial charge in [0.25, 0.3) is 5.69 Å². The molecular weight excluding hydrogens is 376 g/mol. The number of hydrogen-bond acceptors (Lipinski definition) is 10. The maximum Gasteiger partial charge on any atom is 0.269 e. The normalized spacial score (nSPS) is 17.1. The first-order valence-electron chi connectivity index (χ1n) is 9.56. The average molecular weight is 398 g/mol. The van der Waals surface area contributed by atoms with Crippen LogP contribution >= 0.6 is 0 Å². The summed E-state index contributed by atoms with van der Waals surface area (Å²) in [7, 11) is 0. The number of hydrazone groups is 1. The fourth-order valence-electron chi connectivity index (χ4n) is 3.21. The Morgan fingerprint density at radius 1 is 1.00 bits per heavy atom. The molecule has 0 spiro atoms. The molecule has 2 aliphatic rings. The Bertz CT molecular complexity index is 877. The van der Waals surface area contributed by atoms with Crippen LogP contribution in [-0.2, 0) is 4.74 Å². The number of morpholine rings is 1. The zero-order chi connectivity index (χ0) is 20.1. The van der Waals surface area contributed by atoms with Crippen LogP contribution in [-0.4, -0.2) is 65.5 Å². The first-order chi connectivity index (χ1) is 14.2. The van der Waals surface area contributed by atoms with E-state index >= 15 is 0 Å². The van der Waals surface area contributed by atoms with Crippen molar-refractivity contribution in [2.45, 2.75) is 12.8 Å². The molecule has 3 heterocycles. The van der Waals surface area contributed by atoms with Crippen LogP contribution in [0.5, 0.6) is 0 Å². The maximum absolute atomic E-state index is 10.7. The molecule has 1 aromatic carbocycles. The second-order valence-corrected chi connectivity index (χ2v) is 6.77. The van der Waals surface area contributed by atoms with Gasteiger partial charge in [0.15, 0.2) is 0 Å². The second-order valence-electron chi connectivity index (χ2n) is 6.77. The minimum absolute atomic E-state index is 0.0398. The number of nitro groups is 1. The molecule has 2 saturated heterocycles. The fourth-order valence-corrected chi connectivity index (χ4v) is 3.21. The number of anilines is 3. The van der Waals surface area contributed by atoms with Gasteiger partial charge in [-0.1, -0.05) is 0 Å². The zero-order valence-electron chi connectivity index (χ0n) is 15.9. The summed E-state index contributed by atoms with van der Waals surface area (Å²) in [6.07, 6.45) is 3.82. The van der Waals surface area contributed by atoms with E-state index in [-0.39, 0.29) is 5.69 Å². The highest BCUT2D eigenvalue weighted by atomic mass is 16.6. The molecule has 2 aliphatic heterocycles. The molecule has 4 rings (SSSR count). The predicted molar refractivity (Wildman–Crippen MR) is 109 cm³/mol. The Kier molecular flexibility index (Phi) is 5.75.